The summed E-state index contributed by atoms with van der Waals surface area (Å²) in [5, 5.41) is 0. The van der Waals surface area contributed by atoms with Gasteiger partial charge in [0.2, 0.25) is 0 Å². The fraction of sp³-hybridized carbons (Fsp3) is 0.417. The van der Waals surface area contributed by atoms with Crippen LogP contribution >= 0.6 is 0 Å². The molecule has 3 heteroatoms. The van der Waals surface area contributed by atoms with E-state index in [2.05, 4.69) is 16.0 Å². The van der Waals surface area contributed by atoms with Crippen molar-refractivity contribution in [2.24, 2.45) is 5.73 Å². The molecule has 1 aliphatic rings. The molecule has 1 aliphatic carbocycles. The van der Waals surface area contributed by atoms with Gasteiger partial charge in [-0.05, 0) is 31.4 Å². The standard InChI is InChI=1S/C12H15N3/c13-12(6-3-7-12)8-11-14-9-4-1-2-5-10(9)15-11/h1-2,4-5H,3,6-8,13H2,(H,14,15). The van der Waals surface area contributed by atoms with Crippen LogP contribution in [0.3, 0.4) is 0 Å². The van der Waals surface area contributed by atoms with Gasteiger partial charge in [0.05, 0.1) is 11.0 Å². The van der Waals surface area contributed by atoms with Gasteiger partial charge in [-0.2, -0.15) is 0 Å². The van der Waals surface area contributed by atoms with E-state index < -0.39 is 0 Å². The molecular weight excluding hydrogens is 186 g/mol. The lowest BCUT2D eigenvalue weighted by Crippen LogP contribution is -2.48. The molecule has 3 N–H and O–H groups in total. The first kappa shape index (κ1) is 8.92. The SMILES string of the molecule is NC1(Cc2nc3ccccc3[nH]2)CCC1. The van der Waals surface area contributed by atoms with Crippen LogP contribution < -0.4 is 5.73 Å². The Hall–Kier alpha value is -1.35. The van der Waals surface area contributed by atoms with Gasteiger partial charge in [0, 0.05) is 12.0 Å². The third-order valence-corrected chi connectivity index (χ3v) is 3.31. The maximum absolute atomic E-state index is 6.20. The van der Waals surface area contributed by atoms with Crippen LogP contribution in [0.15, 0.2) is 24.3 Å². The molecule has 1 fully saturated rings. The maximum Gasteiger partial charge on any atom is 0.109 e. The van der Waals surface area contributed by atoms with Crippen LogP contribution in [0.1, 0.15) is 25.1 Å². The summed E-state index contributed by atoms with van der Waals surface area (Å²) >= 11 is 0. The summed E-state index contributed by atoms with van der Waals surface area (Å²) in [6.45, 7) is 0. The van der Waals surface area contributed by atoms with Crippen molar-refractivity contribution >= 4 is 11.0 Å². The number of fused-ring (bicyclic) bond motifs is 1. The highest BCUT2D eigenvalue weighted by molar-refractivity contribution is 5.74. The summed E-state index contributed by atoms with van der Waals surface area (Å²) in [7, 11) is 0. The van der Waals surface area contributed by atoms with E-state index in [9.17, 15) is 0 Å². The van der Waals surface area contributed by atoms with E-state index >= 15 is 0 Å². The van der Waals surface area contributed by atoms with Crippen molar-refractivity contribution in [3.8, 4) is 0 Å². The summed E-state index contributed by atoms with van der Waals surface area (Å²) in [6.07, 6.45) is 4.40. The second-order valence-corrected chi connectivity index (χ2v) is 4.59. The molecule has 0 atom stereocenters. The number of nitrogens with one attached hydrogen (secondary N) is 1. The van der Waals surface area contributed by atoms with Gasteiger partial charge in [-0.1, -0.05) is 12.1 Å². The molecule has 0 aliphatic heterocycles. The second-order valence-electron chi connectivity index (χ2n) is 4.59. The molecule has 0 saturated heterocycles. The summed E-state index contributed by atoms with van der Waals surface area (Å²) in [5.74, 6) is 1.03. The fourth-order valence-corrected chi connectivity index (χ4v) is 2.23. The molecule has 1 heterocycles. The Labute approximate surface area is 88.7 Å². The molecule has 0 unspecified atom stereocenters. The van der Waals surface area contributed by atoms with Gasteiger partial charge in [0.1, 0.15) is 5.82 Å². The van der Waals surface area contributed by atoms with E-state index in [1.54, 1.807) is 0 Å². The van der Waals surface area contributed by atoms with Crippen molar-refractivity contribution in [2.75, 3.05) is 0 Å². The third kappa shape index (κ3) is 1.53. The Kier molecular flexibility index (Phi) is 1.83. The van der Waals surface area contributed by atoms with E-state index in [4.69, 9.17) is 5.73 Å². The van der Waals surface area contributed by atoms with Gasteiger partial charge in [0.25, 0.3) is 0 Å². The summed E-state index contributed by atoms with van der Waals surface area (Å²) in [5.41, 5.74) is 8.35. The number of aromatic nitrogens is 2. The first-order valence-electron chi connectivity index (χ1n) is 5.48. The predicted molar refractivity (Wildman–Crippen MR) is 60.6 cm³/mol. The Balaban J connectivity index is 1.91. The molecule has 0 amide bonds. The average molecular weight is 201 g/mol. The van der Waals surface area contributed by atoms with E-state index in [1.807, 2.05) is 18.2 Å². The number of nitrogens with two attached hydrogens (primary N) is 1. The number of rotatable bonds is 2. The van der Waals surface area contributed by atoms with Crippen LogP contribution in [0.5, 0.6) is 0 Å². The zero-order valence-corrected chi connectivity index (χ0v) is 8.66. The van der Waals surface area contributed by atoms with Crippen molar-refractivity contribution in [3.63, 3.8) is 0 Å². The number of H-pyrrole nitrogens is 1. The van der Waals surface area contributed by atoms with Crippen LogP contribution in [0.2, 0.25) is 0 Å². The maximum atomic E-state index is 6.20. The normalized spacial score (nSPS) is 19.0. The monoisotopic (exact) mass is 201 g/mol. The van der Waals surface area contributed by atoms with Crippen molar-refractivity contribution in [3.05, 3.63) is 30.1 Å². The molecular formula is C12H15N3. The van der Waals surface area contributed by atoms with Gasteiger partial charge in [-0.25, -0.2) is 4.98 Å². The first-order chi connectivity index (χ1) is 7.25. The number of hydrogen-bond donors (Lipinski definition) is 2. The highest BCUT2D eigenvalue weighted by Gasteiger charge is 2.33. The molecule has 3 rings (SSSR count). The molecule has 0 bridgehead atoms. The molecule has 3 nitrogen and oxygen atoms in total. The Morgan fingerprint density at radius 1 is 1.33 bits per heavy atom. The molecule has 1 saturated carbocycles. The minimum Gasteiger partial charge on any atom is -0.342 e. The van der Waals surface area contributed by atoms with E-state index in [1.165, 1.54) is 6.42 Å². The number of aromatic amines is 1. The first-order valence-corrected chi connectivity index (χ1v) is 5.48. The fourth-order valence-electron chi connectivity index (χ4n) is 2.23. The van der Waals surface area contributed by atoms with Crippen LogP contribution in [0.4, 0.5) is 0 Å². The van der Waals surface area contributed by atoms with Crippen molar-refractivity contribution in [1.29, 1.82) is 0 Å². The Morgan fingerprint density at radius 3 is 2.80 bits per heavy atom. The quantitative estimate of drug-likeness (QED) is 0.780. The number of nitrogens with zero attached hydrogens (tertiary/aromatic N) is 1. The van der Waals surface area contributed by atoms with Gasteiger partial charge in [0.15, 0.2) is 0 Å². The van der Waals surface area contributed by atoms with Crippen LogP contribution in [0, 0.1) is 0 Å². The highest BCUT2D eigenvalue weighted by Crippen LogP contribution is 2.31. The molecule has 15 heavy (non-hydrogen) atoms. The van der Waals surface area contributed by atoms with E-state index in [0.29, 0.717) is 0 Å². The number of benzene rings is 1. The van der Waals surface area contributed by atoms with Gasteiger partial charge >= 0.3 is 0 Å². The minimum atomic E-state index is 0.00781. The lowest BCUT2D eigenvalue weighted by atomic mass is 9.75. The van der Waals surface area contributed by atoms with Crippen LogP contribution in [-0.2, 0) is 6.42 Å². The molecule has 78 valence electrons. The van der Waals surface area contributed by atoms with Gasteiger partial charge < -0.3 is 10.7 Å². The molecule has 0 radical (unpaired) electrons. The summed E-state index contributed by atoms with van der Waals surface area (Å²) in [6, 6.07) is 8.11. The molecule has 0 spiro atoms. The number of hydrogen-bond acceptors (Lipinski definition) is 2. The zero-order valence-electron chi connectivity index (χ0n) is 8.66. The van der Waals surface area contributed by atoms with Crippen molar-refractivity contribution < 1.29 is 0 Å². The highest BCUT2D eigenvalue weighted by atomic mass is 14.9. The smallest absolute Gasteiger partial charge is 0.109 e. The largest absolute Gasteiger partial charge is 0.342 e. The molecule has 1 aromatic heterocycles. The third-order valence-electron chi connectivity index (χ3n) is 3.31. The lowest BCUT2D eigenvalue weighted by Gasteiger charge is -2.37. The zero-order chi connectivity index (χ0) is 10.3. The average Bonchev–Trinajstić information content (AvgIpc) is 2.57. The lowest BCUT2D eigenvalue weighted by molar-refractivity contribution is 0.244. The minimum absolute atomic E-state index is 0.00781. The van der Waals surface area contributed by atoms with E-state index in [0.717, 1.165) is 36.1 Å². The van der Waals surface area contributed by atoms with Gasteiger partial charge in [-0.3, -0.25) is 0 Å². The predicted octanol–water partition coefficient (Wildman–Crippen LogP) is 1.99. The number of imidazole rings is 1. The van der Waals surface area contributed by atoms with Gasteiger partial charge in [-0.15, -0.1) is 0 Å². The Bertz CT molecular complexity index is 449. The van der Waals surface area contributed by atoms with Crippen LogP contribution in [-0.4, -0.2) is 15.5 Å². The number of para-hydroxylation sites is 2. The summed E-state index contributed by atoms with van der Waals surface area (Å²) in [4.78, 5) is 7.87. The van der Waals surface area contributed by atoms with Crippen LogP contribution in [0.25, 0.3) is 11.0 Å². The van der Waals surface area contributed by atoms with Crippen molar-refractivity contribution in [2.45, 2.75) is 31.2 Å². The van der Waals surface area contributed by atoms with E-state index in [-0.39, 0.29) is 5.54 Å². The topological polar surface area (TPSA) is 54.7 Å². The Morgan fingerprint density at radius 2 is 2.13 bits per heavy atom. The molecule has 2 aromatic rings. The second kappa shape index (κ2) is 3.07. The van der Waals surface area contributed by atoms with Crippen molar-refractivity contribution in [1.82, 2.24) is 9.97 Å². The molecule has 1 aromatic carbocycles. The summed E-state index contributed by atoms with van der Waals surface area (Å²) < 4.78 is 0.